The quantitative estimate of drug-likeness (QED) is 0.810. The molecule has 1 aliphatic rings. The molecule has 2 rings (SSSR count). The number of halogens is 1. The Bertz CT molecular complexity index is 542. The van der Waals surface area contributed by atoms with Crippen molar-refractivity contribution in [2.45, 2.75) is 38.5 Å². The van der Waals surface area contributed by atoms with E-state index in [9.17, 15) is 4.79 Å². The molecule has 1 amide bonds. The van der Waals surface area contributed by atoms with Gasteiger partial charge in [0.25, 0.3) is 0 Å². The first-order valence-electron chi connectivity index (χ1n) is 7.85. The molecule has 0 aromatic heterocycles. The van der Waals surface area contributed by atoms with E-state index in [1.807, 2.05) is 12.1 Å². The van der Waals surface area contributed by atoms with E-state index in [1.165, 1.54) is 25.7 Å². The van der Waals surface area contributed by atoms with Crippen LogP contribution in [0.25, 0.3) is 0 Å². The largest absolute Gasteiger partial charge is 0.479 e. The van der Waals surface area contributed by atoms with Gasteiger partial charge in [0.05, 0.1) is 11.6 Å². The molecule has 1 aliphatic carbocycles. The molecule has 0 heterocycles. The number of amides is 1. The van der Waals surface area contributed by atoms with Crippen LogP contribution in [-0.2, 0) is 4.79 Å². The lowest BCUT2D eigenvalue weighted by molar-refractivity contribution is -0.121. The molecule has 3 nitrogen and oxygen atoms in total. The minimum Gasteiger partial charge on any atom is -0.479 e. The van der Waals surface area contributed by atoms with Gasteiger partial charge in [-0.3, -0.25) is 4.79 Å². The summed E-state index contributed by atoms with van der Waals surface area (Å²) >= 11 is 5.96. The molecule has 118 valence electrons. The van der Waals surface area contributed by atoms with Crippen LogP contribution in [0.1, 0.15) is 38.5 Å². The first-order valence-corrected chi connectivity index (χ1v) is 8.23. The second-order valence-corrected chi connectivity index (χ2v) is 5.95. The lowest BCUT2D eigenvalue weighted by Gasteiger charge is -2.07. The van der Waals surface area contributed by atoms with Gasteiger partial charge < -0.3 is 10.1 Å². The van der Waals surface area contributed by atoms with Crippen molar-refractivity contribution in [3.8, 4) is 17.6 Å². The molecular formula is C18H22ClNO2. The molecule has 0 bridgehead atoms. The van der Waals surface area contributed by atoms with Gasteiger partial charge in [-0.05, 0) is 24.5 Å². The summed E-state index contributed by atoms with van der Waals surface area (Å²) in [7, 11) is 0. The molecule has 1 N–H and O–H groups in total. The number of nitrogens with one attached hydrogen (secondary N) is 1. The summed E-state index contributed by atoms with van der Waals surface area (Å²) < 4.78 is 5.44. The highest BCUT2D eigenvalue weighted by molar-refractivity contribution is 6.32. The molecule has 22 heavy (non-hydrogen) atoms. The second-order valence-electron chi connectivity index (χ2n) is 5.54. The fourth-order valence-electron chi connectivity index (χ4n) is 2.65. The van der Waals surface area contributed by atoms with Crippen molar-refractivity contribution in [3.05, 3.63) is 29.3 Å². The van der Waals surface area contributed by atoms with E-state index in [2.05, 4.69) is 17.2 Å². The topological polar surface area (TPSA) is 38.3 Å². The van der Waals surface area contributed by atoms with Crippen LogP contribution in [-0.4, -0.2) is 19.1 Å². The highest BCUT2D eigenvalue weighted by Gasteiger charge is 2.15. The third-order valence-electron chi connectivity index (χ3n) is 3.89. The molecule has 1 fully saturated rings. The summed E-state index contributed by atoms with van der Waals surface area (Å²) in [5, 5.41) is 3.40. The zero-order chi connectivity index (χ0) is 15.6. The number of carbonyl (C=O) groups is 1. The van der Waals surface area contributed by atoms with Crippen molar-refractivity contribution in [2.75, 3.05) is 13.2 Å². The Hall–Kier alpha value is -1.66. The maximum atomic E-state index is 11.7. The SMILES string of the molecule is O=C(CCC1CCCC1)NCC#CCOc1ccccc1Cl. The maximum Gasteiger partial charge on any atom is 0.220 e. The zero-order valence-corrected chi connectivity index (χ0v) is 13.5. The summed E-state index contributed by atoms with van der Waals surface area (Å²) in [6.07, 6.45) is 6.84. The van der Waals surface area contributed by atoms with Crippen LogP contribution < -0.4 is 10.1 Å². The number of rotatable bonds is 6. The Morgan fingerprint density at radius 1 is 1.27 bits per heavy atom. The summed E-state index contributed by atoms with van der Waals surface area (Å²) in [5.74, 6) is 7.22. The van der Waals surface area contributed by atoms with Crippen molar-refractivity contribution in [1.82, 2.24) is 5.32 Å². The van der Waals surface area contributed by atoms with Gasteiger partial charge in [-0.25, -0.2) is 0 Å². The highest BCUT2D eigenvalue weighted by Crippen LogP contribution is 2.28. The predicted molar refractivity (Wildman–Crippen MR) is 88.9 cm³/mol. The van der Waals surface area contributed by atoms with E-state index in [0.29, 0.717) is 23.7 Å². The number of carbonyl (C=O) groups excluding carboxylic acids is 1. The van der Waals surface area contributed by atoms with Gasteiger partial charge in [-0.1, -0.05) is 61.3 Å². The molecule has 0 radical (unpaired) electrons. The van der Waals surface area contributed by atoms with Crippen LogP contribution in [0.3, 0.4) is 0 Å². The molecule has 0 saturated heterocycles. The molecule has 0 aliphatic heterocycles. The number of para-hydroxylation sites is 1. The van der Waals surface area contributed by atoms with Crippen molar-refractivity contribution in [1.29, 1.82) is 0 Å². The van der Waals surface area contributed by atoms with Gasteiger partial charge in [0.15, 0.2) is 0 Å². The van der Waals surface area contributed by atoms with Gasteiger partial charge in [0.1, 0.15) is 12.4 Å². The van der Waals surface area contributed by atoms with E-state index in [-0.39, 0.29) is 12.5 Å². The van der Waals surface area contributed by atoms with Gasteiger partial charge in [-0.15, -0.1) is 0 Å². The van der Waals surface area contributed by atoms with Crippen LogP contribution in [0, 0.1) is 17.8 Å². The van der Waals surface area contributed by atoms with Crippen LogP contribution in [0.5, 0.6) is 5.75 Å². The Kier molecular flexibility index (Phi) is 7.12. The van der Waals surface area contributed by atoms with Crippen LogP contribution in [0.15, 0.2) is 24.3 Å². The smallest absolute Gasteiger partial charge is 0.220 e. The Balaban J connectivity index is 1.56. The van der Waals surface area contributed by atoms with E-state index >= 15 is 0 Å². The molecule has 1 aromatic rings. The van der Waals surface area contributed by atoms with E-state index < -0.39 is 0 Å². The van der Waals surface area contributed by atoms with Crippen LogP contribution in [0.2, 0.25) is 5.02 Å². The number of hydrogen-bond donors (Lipinski definition) is 1. The first-order chi connectivity index (χ1) is 10.8. The second kappa shape index (κ2) is 9.38. The van der Waals surface area contributed by atoms with Gasteiger partial charge in [0.2, 0.25) is 5.91 Å². The highest BCUT2D eigenvalue weighted by atomic mass is 35.5. The number of ether oxygens (including phenoxy) is 1. The predicted octanol–water partition coefficient (Wildman–Crippen LogP) is 3.81. The van der Waals surface area contributed by atoms with Gasteiger partial charge in [0, 0.05) is 6.42 Å². The van der Waals surface area contributed by atoms with Crippen molar-refractivity contribution in [2.24, 2.45) is 5.92 Å². The fourth-order valence-corrected chi connectivity index (χ4v) is 2.84. The lowest BCUT2D eigenvalue weighted by Crippen LogP contribution is -2.23. The molecule has 0 spiro atoms. The Labute approximate surface area is 137 Å². The monoisotopic (exact) mass is 319 g/mol. The maximum absolute atomic E-state index is 11.7. The number of hydrogen-bond acceptors (Lipinski definition) is 2. The lowest BCUT2D eigenvalue weighted by atomic mass is 10.0. The summed E-state index contributed by atoms with van der Waals surface area (Å²) in [6, 6.07) is 7.28. The van der Waals surface area contributed by atoms with E-state index in [4.69, 9.17) is 16.3 Å². The minimum atomic E-state index is 0.0909. The first kappa shape index (κ1) is 16.7. The van der Waals surface area contributed by atoms with Crippen molar-refractivity contribution in [3.63, 3.8) is 0 Å². The Morgan fingerprint density at radius 3 is 2.82 bits per heavy atom. The van der Waals surface area contributed by atoms with Crippen LogP contribution in [0.4, 0.5) is 0 Å². The third-order valence-corrected chi connectivity index (χ3v) is 4.20. The normalized spacial score (nSPS) is 14.2. The minimum absolute atomic E-state index is 0.0909. The summed E-state index contributed by atoms with van der Waals surface area (Å²) in [4.78, 5) is 11.7. The molecular weight excluding hydrogens is 298 g/mol. The van der Waals surface area contributed by atoms with Gasteiger partial charge in [-0.2, -0.15) is 0 Å². The molecule has 4 heteroatoms. The van der Waals surface area contributed by atoms with Gasteiger partial charge >= 0.3 is 0 Å². The Morgan fingerprint density at radius 2 is 2.05 bits per heavy atom. The van der Waals surface area contributed by atoms with Crippen molar-refractivity contribution >= 4 is 17.5 Å². The third kappa shape index (κ3) is 5.99. The molecule has 0 atom stereocenters. The van der Waals surface area contributed by atoms with Crippen molar-refractivity contribution < 1.29 is 9.53 Å². The summed E-state index contributed by atoms with van der Waals surface area (Å²) in [5.41, 5.74) is 0. The summed E-state index contributed by atoms with van der Waals surface area (Å²) in [6.45, 7) is 0.636. The zero-order valence-electron chi connectivity index (χ0n) is 12.7. The average Bonchev–Trinajstić information content (AvgIpc) is 3.04. The molecule has 1 aromatic carbocycles. The van der Waals surface area contributed by atoms with Crippen LogP contribution >= 0.6 is 11.6 Å². The fraction of sp³-hybridized carbons (Fsp3) is 0.500. The van der Waals surface area contributed by atoms with E-state index in [1.54, 1.807) is 12.1 Å². The number of benzene rings is 1. The molecule has 1 saturated carbocycles. The molecule has 0 unspecified atom stereocenters. The standard InChI is InChI=1S/C18H22ClNO2/c19-16-9-3-4-10-17(16)22-14-6-5-13-20-18(21)12-11-15-7-1-2-8-15/h3-4,9-10,15H,1-2,7-8,11-14H2,(H,20,21). The van der Waals surface area contributed by atoms with E-state index in [0.717, 1.165) is 12.3 Å². The average molecular weight is 320 g/mol.